The number of carbonyl (C=O) groups is 1. The second-order valence-corrected chi connectivity index (χ2v) is 6.22. The number of nitrogens with zero attached hydrogens (tertiary/aromatic N) is 3. The zero-order chi connectivity index (χ0) is 18.0. The number of aromatic nitrogens is 3. The SMILES string of the molecule is CCOC(=O)c1c(C)nc(-c2nccs2)nc1-c1cccc(F)c1C. The summed E-state index contributed by atoms with van der Waals surface area (Å²) in [4.78, 5) is 25.6. The van der Waals surface area contributed by atoms with Gasteiger partial charge in [-0.05, 0) is 32.4 Å². The number of esters is 1. The van der Waals surface area contributed by atoms with Crippen molar-refractivity contribution in [1.29, 1.82) is 0 Å². The summed E-state index contributed by atoms with van der Waals surface area (Å²) in [5.74, 6) is -0.483. The smallest absolute Gasteiger partial charge is 0.342 e. The Morgan fingerprint density at radius 2 is 2.08 bits per heavy atom. The molecular formula is C18H16FN3O2S. The Balaban J connectivity index is 2.29. The number of benzene rings is 1. The standard InChI is InChI=1S/C18H16FN3O2S/c1-4-24-18(23)14-11(3)21-16(17-20-8-9-25-17)22-15(14)12-6-5-7-13(19)10(12)2/h5-9H,4H2,1-3H3. The maximum atomic E-state index is 14.1. The van der Waals surface area contributed by atoms with E-state index in [9.17, 15) is 9.18 Å². The van der Waals surface area contributed by atoms with Crippen molar-refractivity contribution in [3.63, 3.8) is 0 Å². The molecule has 5 nitrogen and oxygen atoms in total. The summed E-state index contributed by atoms with van der Waals surface area (Å²) in [6.07, 6.45) is 1.66. The van der Waals surface area contributed by atoms with Gasteiger partial charge in [0.15, 0.2) is 10.8 Å². The summed E-state index contributed by atoms with van der Waals surface area (Å²) < 4.78 is 19.2. The summed E-state index contributed by atoms with van der Waals surface area (Å²) in [5, 5.41) is 2.45. The molecule has 25 heavy (non-hydrogen) atoms. The number of aryl methyl sites for hydroxylation is 1. The van der Waals surface area contributed by atoms with Crippen LogP contribution < -0.4 is 0 Å². The highest BCUT2D eigenvalue weighted by Crippen LogP contribution is 2.31. The molecule has 0 saturated heterocycles. The summed E-state index contributed by atoms with van der Waals surface area (Å²) in [7, 11) is 0. The minimum atomic E-state index is -0.524. The van der Waals surface area contributed by atoms with E-state index in [4.69, 9.17) is 4.74 Å². The van der Waals surface area contributed by atoms with Crippen molar-refractivity contribution in [3.05, 3.63) is 52.4 Å². The van der Waals surface area contributed by atoms with Gasteiger partial charge >= 0.3 is 5.97 Å². The Hall–Kier alpha value is -2.67. The minimum Gasteiger partial charge on any atom is -0.462 e. The van der Waals surface area contributed by atoms with Gasteiger partial charge < -0.3 is 4.74 Å². The third kappa shape index (κ3) is 3.28. The van der Waals surface area contributed by atoms with Crippen LogP contribution in [0.1, 0.15) is 28.5 Å². The molecule has 1 aromatic carbocycles. The normalized spacial score (nSPS) is 10.7. The fraction of sp³-hybridized carbons (Fsp3) is 0.222. The molecule has 0 aliphatic heterocycles. The van der Waals surface area contributed by atoms with Gasteiger partial charge in [0, 0.05) is 17.1 Å². The van der Waals surface area contributed by atoms with Crippen LogP contribution in [0.4, 0.5) is 4.39 Å². The molecule has 7 heteroatoms. The molecule has 0 unspecified atom stereocenters. The molecule has 0 fully saturated rings. The lowest BCUT2D eigenvalue weighted by molar-refractivity contribution is 0.0525. The van der Waals surface area contributed by atoms with E-state index < -0.39 is 5.97 Å². The van der Waals surface area contributed by atoms with Crippen molar-refractivity contribution < 1.29 is 13.9 Å². The van der Waals surface area contributed by atoms with E-state index in [0.717, 1.165) is 0 Å². The molecule has 0 atom stereocenters. The molecule has 128 valence electrons. The zero-order valence-corrected chi connectivity index (χ0v) is 14.9. The number of halogens is 1. The molecule has 2 aromatic heterocycles. The second kappa shape index (κ2) is 7.06. The third-order valence-electron chi connectivity index (χ3n) is 3.72. The number of rotatable bonds is 4. The van der Waals surface area contributed by atoms with Gasteiger partial charge in [-0.3, -0.25) is 0 Å². The van der Waals surface area contributed by atoms with Gasteiger partial charge in [-0.1, -0.05) is 12.1 Å². The molecule has 0 aliphatic rings. The molecule has 2 heterocycles. The fourth-order valence-electron chi connectivity index (χ4n) is 2.51. The molecule has 0 amide bonds. The van der Waals surface area contributed by atoms with Gasteiger partial charge in [0.05, 0.1) is 18.0 Å². The quantitative estimate of drug-likeness (QED) is 0.655. The van der Waals surface area contributed by atoms with Crippen LogP contribution >= 0.6 is 11.3 Å². The highest BCUT2D eigenvalue weighted by atomic mass is 32.1. The van der Waals surface area contributed by atoms with Gasteiger partial charge in [0.2, 0.25) is 0 Å². The van der Waals surface area contributed by atoms with Crippen LogP contribution in [0.25, 0.3) is 22.1 Å². The largest absolute Gasteiger partial charge is 0.462 e. The van der Waals surface area contributed by atoms with Crippen molar-refractivity contribution in [2.45, 2.75) is 20.8 Å². The van der Waals surface area contributed by atoms with E-state index in [1.807, 2.05) is 5.38 Å². The first-order valence-corrected chi connectivity index (χ1v) is 8.62. The van der Waals surface area contributed by atoms with Crippen molar-refractivity contribution in [2.75, 3.05) is 6.61 Å². The van der Waals surface area contributed by atoms with E-state index in [1.165, 1.54) is 17.4 Å². The van der Waals surface area contributed by atoms with Crippen LogP contribution in [-0.4, -0.2) is 27.5 Å². The number of hydrogen-bond donors (Lipinski definition) is 0. The summed E-state index contributed by atoms with van der Waals surface area (Å²) in [6, 6.07) is 4.69. The van der Waals surface area contributed by atoms with Crippen molar-refractivity contribution in [1.82, 2.24) is 15.0 Å². The number of carbonyl (C=O) groups excluding carboxylic acids is 1. The Labute approximate surface area is 148 Å². The van der Waals surface area contributed by atoms with E-state index in [-0.39, 0.29) is 18.0 Å². The predicted octanol–water partition coefficient (Wildman–Crippen LogP) is 4.20. The summed E-state index contributed by atoms with van der Waals surface area (Å²) >= 11 is 1.39. The van der Waals surface area contributed by atoms with E-state index in [1.54, 1.807) is 39.1 Å². The van der Waals surface area contributed by atoms with Gasteiger partial charge in [-0.25, -0.2) is 24.1 Å². The topological polar surface area (TPSA) is 65.0 Å². The van der Waals surface area contributed by atoms with Crippen molar-refractivity contribution >= 4 is 17.3 Å². The molecule has 0 aliphatic carbocycles. The molecule has 3 aromatic rings. The van der Waals surface area contributed by atoms with Gasteiger partial charge in [0.25, 0.3) is 0 Å². The van der Waals surface area contributed by atoms with Crippen LogP contribution in [0, 0.1) is 19.7 Å². The summed E-state index contributed by atoms with van der Waals surface area (Å²) in [5.41, 5.74) is 2.02. The van der Waals surface area contributed by atoms with Crippen LogP contribution in [0.15, 0.2) is 29.8 Å². The van der Waals surface area contributed by atoms with E-state index >= 15 is 0 Å². The summed E-state index contributed by atoms with van der Waals surface area (Å²) in [6.45, 7) is 5.32. The maximum absolute atomic E-state index is 14.1. The monoisotopic (exact) mass is 357 g/mol. The molecule has 3 rings (SSSR count). The highest BCUT2D eigenvalue weighted by Gasteiger charge is 2.23. The molecule has 0 spiro atoms. The van der Waals surface area contributed by atoms with Gasteiger partial charge in [0.1, 0.15) is 11.4 Å². The average molecular weight is 357 g/mol. The molecular weight excluding hydrogens is 341 g/mol. The Kier molecular flexibility index (Phi) is 4.85. The molecule has 0 N–H and O–H groups in total. The number of thiazole rings is 1. The van der Waals surface area contributed by atoms with E-state index in [0.29, 0.717) is 33.3 Å². The van der Waals surface area contributed by atoms with Crippen molar-refractivity contribution in [2.24, 2.45) is 0 Å². The first-order chi connectivity index (χ1) is 12.0. The van der Waals surface area contributed by atoms with Gasteiger partial charge in [-0.15, -0.1) is 11.3 Å². The Morgan fingerprint density at radius 1 is 1.28 bits per heavy atom. The molecule has 0 saturated carbocycles. The van der Waals surface area contributed by atoms with Crippen LogP contribution in [0.5, 0.6) is 0 Å². The Morgan fingerprint density at radius 3 is 2.76 bits per heavy atom. The van der Waals surface area contributed by atoms with Crippen LogP contribution in [-0.2, 0) is 4.74 Å². The number of ether oxygens (including phenoxy) is 1. The first-order valence-electron chi connectivity index (χ1n) is 7.74. The first kappa shape index (κ1) is 17.2. The van der Waals surface area contributed by atoms with Crippen LogP contribution in [0.3, 0.4) is 0 Å². The molecule has 0 radical (unpaired) electrons. The Bertz CT molecular complexity index is 926. The van der Waals surface area contributed by atoms with Gasteiger partial charge in [-0.2, -0.15) is 0 Å². The number of hydrogen-bond acceptors (Lipinski definition) is 6. The second-order valence-electron chi connectivity index (χ2n) is 5.33. The third-order valence-corrected chi connectivity index (χ3v) is 4.48. The maximum Gasteiger partial charge on any atom is 0.342 e. The lowest BCUT2D eigenvalue weighted by Gasteiger charge is -2.14. The minimum absolute atomic E-state index is 0.230. The van der Waals surface area contributed by atoms with Crippen molar-refractivity contribution in [3.8, 4) is 22.1 Å². The highest BCUT2D eigenvalue weighted by molar-refractivity contribution is 7.13. The zero-order valence-electron chi connectivity index (χ0n) is 14.0. The lowest BCUT2D eigenvalue weighted by atomic mass is 9.99. The average Bonchev–Trinajstić information content (AvgIpc) is 3.11. The predicted molar refractivity (Wildman–Crippen MR) is 94.0 cm³/mol. The molecule has 0 bridgehead atoms. The van der Waals surface area contributed by atoms with Crippen LogP contribution in [0.2, 0.25) is 0 Å². The van der Waals surface area contributed by atoms with E-state index in [2.05, 4.69) is 15.0 Å². The fourth-order valence-corrected chi connectivity index (χ4v) is 3.08. The lowest BCUT2D eigenvalue weighted by Crippen LogP contribution is -2.13.